The predicted molar refractivity (Wildman–Crippen MR) is 85.3 cm³/mol. The summed E-state index contributed by atoms with van der Waals surface area (Å²) in [5, 5.41) is 11.2. The number of nitrogens with one attached hydrogen (secondary N) is 1. The van der Waals surface area contributed by atoms with E-state index in [1.54, 1.807) is 32.9 Å². The number of carbonyl (C=O) groups is 2. The SMILES string of the molecule is CC(C)(C)OC(=O)NCc1ccccc1C=CC=CC(=O)O. The van der Waals surface area contributed by atoms with Crippen LogP contribution in [-0.4, -0.2) is 22.8 Å². The van der Waals surface area contributed by atoms with Gasteiger partial charge in [0, 0.05) is 12.6 Å². The summed E-state index contributed by atoms with van der Waals surface area (Å²) >= 11 is 0. The number of aliphatic carboxylic acids is 1. The lowest BCUT2D eigenvalue weighted by molar-refractivity contribution is -0.131. The molecule has 0 unspecified atom stereocenters. The predicted octanol–water partition coefficient (Wildman–Crippen LogP) is 3.37. The third kappa shape index (κ3) is 7.28. The number of hydrogen-bond acceptors (Lipinski definition) is 3. The molecule has 22 heavy (non-hydrogen) atoms. The average Bonchev–Trinajstić information content (AvgIpc) is 2.40. The van der Waals surface area contributed by atoms with Crippen LogP contribution in [0.2, 0.25) is 0 Å². The molecule has 0 saturated carbocycles. The summed E-state index contributed by atoms with van der Waals surface area (Å²) in [5.41, 5.74) is 1.27. The molecule has 2 N–H and O–H groups in total. The van der Waals surface area contributed by atoms with Crippen molar-refractivity contribution in [3.05, 3.63) is 53.6 Å². The third-order valence-electron chi connectivity index (χ3n) is 2.50. The molecule has 0 aliphatic carbocycles. The van der Waals surface area contributed by atoms with Gasteiger partial charge in [0.1, 0.15) is 5.60 Å². The lowest BCUT2D eigenvalue weighted by Gasteiger charge is -2.19. The van der Waals surface area contributed by atoms with Crippen LogP contribution in [0.1, 0.15) is 31.9 Å². The lowest BCUT2D eigenvalue weighted by Crippen LogP contribution is -2.32. The Labute approximate surface area is 130 Å². The molecule has 0 atom stereocenters. The fraction of sp³-hybridized carbons (Fsp3) is 0.294. The number of benzene rings is 1. The van der Waals surface area contributed by atoms with Gasteiger partial charge in [0.2, 0.25) is 0 Å². The number of carbonyl (C=O) groups excluding carboxylic acids is 1. The Hall–Kier alpha value is -2.56. The quantitative estimate of drug-likeness (QED) is 0.646. The Bertz CT molecular complexity index is 583. The summed E-state index contributed by atoms with van der Waals surface area (Å²) < 4.78 is 5.18. The van der Waals surface area contributed by atoms with Gasteiger partial charge >= 0.3 is 12.1 Å². The van der Waals surface area contributed by atoms with Crippen LogP contribution < -0.4 is 5.32 Å². The van der Waals surface area contributed by atoms with Gasteiger partial charge < -0.3 is 15.2 Å². The molecular formula is C17H21NO4. The van der Waals surface area contributed by atoms with Crippen LogP contribution in [0.15, 0.2) is 42.5 Å². The van der Waals surface area contributed by atoms with Gasteiger partial charge in [-0.05, 0) is 31.9 Å². The van der Waals surface area contributed by atoms with Crippen molar-refractivity contribution < 1.29 is 19.4 Å². The van der Waals surface area contributed by atoms with Crippen molar-refractivity contribution in [3.8, 4) is 0 Å². The minimum Gasteiger partial charge on any atom is -0.478 e. The molecule has 0 aromatic heterocycles. The van der Waals surface area contributed by atoms with Gasteiger partial charge in [0.25, 0.3) is 0 Å². The fourth-order valence-corrected chi connectivity index (χ4v) is 1.64. The highest BCUT2D eigenvalue weighted by Gasteiger charge is 2.15. The normalized spacial score (nSPS) is 11.8. The zero-order valence-corrected chi connectivity index (χ0v) is 13.0. The van der Waals surface area contributed by atoms with E-state index in [2.05, 4.69) is 5.32 Å². The second-order valence-electron chi connectivity index (χ2n) is 5.61. The molecule has 1 aromatic carbocycles. The van der Waals surface area contributed by atoms with Crippen molar-refractivity contribution in [1.29, 1.82) is 0 Å². The van der Waals surface area contributed by atoms with Crippen LogP contribution in [-0.2, 0) is 16.1 Å². The average molecular weight is 303 g/mol. The minimum absolute atomic E-state index is 0.331. The Morgan fingerprint density at radius 2 is 1.91 bits per heavy atom. The molecular weight excluding hydrogens is 282 g/mol. The van der Waals surface area contributed by atoms with Crippen molar-refractivity contribution in [3.63, 3.8) is 0 Å². The number of amides is 1. The van der Waals surface area contributed by atoms with Gasteiger partial charge in [-0.1, -0.05) is 42.5 Å². The van der Waals surface area contributed by atoms with Crippen LogP contribution >= 0.6 is 0 Å². The number of carboxylic acid groups (broad SMARTS) is 1. The van der Waals surface area contributed by atoms with E-state index in [0.29, 0.717) is 6.54 Å². The topological polar surface area (TPSA) is 75.6 Å². The number of alkyl carbamates (subject to hydrolysis) is 1. The van der Waals surface area contributed by atoms with Gasteiger partial charge in [-0.2, -0.15) is 0 Å². The molecule has 1 aromatic rings. The van der Waals surface area contributed by atoms with Crippen molar-refractivity contribution in [2.24, 2.45) is 0 Å². The second kappa shape index (κ2) is 8.02. The molecule has 0 aliphatic rings. The van der Waals surface area contributed by atoms with E-state index in [1.165, 1.54) is 6.08 Å². The number of allylic oxidation sites excluding steroid dienone is 2. The van der Waals surface area contributed by atoms with E-state index in [0.717, 1.165) is 17.2 Å². The Morgan fingerprint density at radius 1 is 1.23 bits per heavy atom. The highest BCUT2D eigenvalue weighted by Crippen LogP contribution is 2.12. The van der Waals surface area contributed by atoms with E-state index >= 15 is 0 Å². The summed E-state index contributed by atoms with van der Waals surface area (Å²) in [7, 11) is 0. The molecule has 5 nitrogen and oxygen atoms in total. The fourth-order valence-electron chi connectivity index (χ4n) is 1.64. The van der Waals surface area contributed by atoms with Gasteiger partial charge in [-0.3, -0.25) is 0 Å². The first kappa shape index (κ1) is 17.5. The van der Waals surface area contributed by atoms with Crippen molar-refractivity contribution >= 4 is 18.1 Å². The lowest BCUT2D eigenvalue weighted by atomic mass is 10.1. The molecule has 0 aliphatic heterocycles. The van der Waals surface area contributed by atoms with E-state index in [1.807, 2.05) is 24.3 Å². The van der Waals surface area contributed by atoms with E-state index in [9.17, 15) is 9.59 Å². The maximum Gasteiger partial charge on any atom is 0.407 e. The molecule has 0 radical (unpaired) electrons. The van der Waals surface area contributed by atoms with Crippen LogP contribution in [0.4, 0.5) is 4.79 Å². The second-order valence-corrected chi connectivity index (χ2v) is 5.61. The van der Waals surface area contributed by atoms with Gasteiger partial charge in [-0.15, -0.1) is 0 Å². The highest BCUT2D eigenvalue weighted by atomic mass is 16.6. The molecule has 0 spiro atoms. The van der Waals surface area contributed by atoms with E-state index in [-0.39, 0.29) is 0 Å². The smallest absolute Gasteiger partial charge is 0.407 e. The molecule has 5 heteroatoms. The molecule has 0 heterocycles. The maximum atomic E-state index is 11.7. The standard InChI is InChI=1S/C17H21NO4/c1-17(2,3)22-16(21)18-12-14-10-5-4-8-13(14)9-6-7-11-15(19)20/h4-11H,12H2,1-3H3,(H,18,21)(H,19,20). The van der Waals surface area contributed by atoms with Crippen LogP contribution in [0.3, 0.4) is 0 Å². The summed E-state index contributed by atoms with van der Waals surface area (Å²) in [6.45, 7) is 5.74. The largest absolute Gasteiger partial charge is 0.478 e. The molecule has 0 saturated heterocycles. The van der Waals surface area contributed by atoms with Gasteiger partial charge in [0.05, 0.1) is 0 Å². The number of ether oxygens (including phenoxy) is 1. The van der Waals surface area contributed by atoms with Gasteiger partial charge in [-0.25, -0.2) is 9.59 Å². The van der Waals surface area contributed by atoms with Crippen molar-refractivity contribution in [2.75, 3.05) is 0 Å². The van der Waals surface area contributed by atoms with Crippen LogP contribution in [0, 0.1) is 0 Å². The van der Waals surface area contributed by atoms with Crippen molar-refractivity contribution in [2.45, 2.75) is 32.9 Å². The van der Waals surface area contributed by atoms with Gasteiger partial charge in [0.15, 0.2) is 0 Å². The maximum absolute atomic E-state index is 11.7. The van der Waals surface area contributed by atoms with Crippen molar-refractivity contribution in [1.82, 2.24) is 5.32 Å². The summed E-state index contributed by atoms with van der Waals surface area (Å²) in [6.07, 6.45) is 5.45. The van der Waals surface area contributed by atoms with Crippen LogP contribution in [0.5, 0.6) is 0 Å². The first-order valence-corrected chi connectivity index (χ1v) is 6.90. The monoisotopic (exact) mass is 303 g/mol. The van der Waals surface area contributed by atoms with E-state index in [4.69, 9.17) is 9.84 Å². The molecule has 1 rings (SSSR count). The molecule has 0 bridgehead atoms. The van der Waals surface area contributed by atoms with Crippen LogP contribution in [0.25, 0.3) is 6.08 Å². The summed E-state index contributed by atoms with van der Waals surface area (Å²) in [5.74, 6) is -0.996. The van der Waals surface area contributed by atoms with E-state index < -0.39 is 17.7 Å². The Balaban J connectivity index is 2.68. The Kier molecular flexibility index (Phi) is 6.38. The molecule has 118 valence electrons. The number of hydrogen-bond donors (Lipinski definition) is 2. The number of rotatable bonds is 5. The summed E-state index contributed by atoms with van der Waals surface area (Å²) in [6, 6.07) is 7.52. The number of carboxylic acids is 1. The first-order chi connectivity index (χ1) is 10.3. The first-order valence-electron chi connectivity index (χ1n) is 6.90. The third-order valence-corrected chi connectivity index (χ3v) is 2.50. The highest BCUT2D eigenvalue weighted by molar-refractivity contribution is 5.80. The summed E-state index contributed by atoms with van der Waals surface area (Å²) in [4.78, 5) is 22.0. The zero-order chi connectivity index (χ0) is 16.6. The zero-order valence-electron chi connectivity index (χ0n) is 13.0. The molecule has 1 amide bonds. The molecule has 0 fully saturated rings. The Morgan fingerprint density at radius 3 is 2.55 bits per heavy atom. The minimum atomic E-state index is -0.996.